The Morgan fingerprint density at radius 1 is 1.47 bits per heavy atom. The van der Waals surface area contributed by atoms with Crippen molar-refractivity contribution in [1.82, 2.24) is 9.97 Å². The highest BCUT2D eigenvalue weighted by Crippen LogP contribution is 2.14. The largest absolute Gasteiger partial charge is 0.327 e. The van der Waals surface area contributed by atoms with Crippen molar-refractivity contribution in [2.75, 3.05) is 5.75 Å². The van der Waals surface area contributed by atoms with Gasteiger partial charge in [0.2, 0.25) is 0 Å². The van der Waals surface area contributed by atoms with E-state index in [2.05, 4.69) is 23.8 Å². The summed E-state index contributed by atoms with van der Waals surface area (Å²) in [7, 11) is 0. The Morgan fingerprint density at radius 3 is 2.88 bits per heavy atom. The van der Waals surface area contributed by atoms with E-state index in [1.165, 1.54) is 11.8 Å². The number of nitrogens with zero attached hydrogens (tertiary/aromatic N) is 1. The summed E-state index contributed by atoms with van der Waals surface area (Å²) in [6.45, 7) is 4.19. The van der Waals surface area contributed by atoms with E-state index in [1.54, 1.807) is 6.07 Å². The molecule has 1 heterocycles. The number of H-pyrrole nitrogens is 1. The highest BCUT2D eigenvalue weighted by molar-refractivity contribution is 7.99. The highest BCUT2D eigenvalue weighted by atomic mass is 32.2. The van der Waals surface area contributed by atoms with E-state index >= 15 is 0 Å². The van der Waals surface area contributed by atoms with Gasteiger partial charge >= 0.3 is 0 Å². The van der Waals surface area contributed by atoms with Gasteiger partial charge in [0.25, 0.3) is 5.56 Å². The molecule has 1 unspecified atom stereocenters. The van der Waals surface area contributed by atoms with E-state index in [0.29, 0.717) is 5.16 Å². The number of nitrogens with one attached hydrogen (secondary N) is 1. The summed E-state index contributed by atoms with van der Waals surface area (Å²) >= 11 is 1.53. The lowest BCUT2D eigenvalue weighted by Gasteiger charge is -2.09. The first kappa shape index (κ1) is 14.3. The number of aromatic amines is 1. The van der Waals surface area contributed by atoms with Gasteiger partial charge in [-0.3, -0.25) is 4.79 Å². The molecular weight excluding hydrogens is 234 g/mol. The zero-order chi connectivity index (χ0) is 12.7. The second-order valence-electron chi connectivity index (χ2n) is 4.15. The van der Waals surface area contributed by atoms with Crippen LogP contribution in [0.2, 0.25) is 0 Å². The van der Waals surface area contributed by atoms with E-state index in [1.807, 2.05) is 0 Å². The van der Waals surface area contributed by atoms with Crippen LogP contribution in [0.4, 0.5) is 0 Å². The molecule has 0 spiro atoms. The Labute approximate surface area is 106 Å². The Balaban J connectivity index is 2.61. The third-order valence-corrected chi connectivity index (χ3v) is 3.43. The van der Waals surface area contributed by atoms with Gasteiger partial charge in [-0.1, -0.05) is 38.5 Å². The maximum Gasteiger partial charge on any atom is 0.251 e. The van der Waals surface area contributed by atoms with Crippen LogP contribution in [0.25, 0.3) is 0 Å². The lowest BCUT2D eigenvalue weighted by molar-refractivity contribution is 0.659. The third-order valence-electron chi connectivity index (χ3n) is 2.37. The zero-order valence-corrected chi connectivity index (χ0v) is 11.3. The van der Waals surface area contributed by atoms with Crippen molar-refractivity contribution >= 4 is 11.8 Å². The molecule has 0 aromatic carbocycles. The normalized spacial score (nSPS) is 12.6. The molecule has 0 bridgehead atoms. The topological polar surface area (TPSA) is 71.8 Å². The van der Waals surface area contributed by atoms with Crippen LogP contribution in [0.3, 0.4) is 0 Å². The molecule has 0 radical (unpaired) electrons. The van der Waals surface area contributed by atoms with Crippen molar-refractivity contribution in [2.45, 2.75) is 50.7 Å². The second-order valence-corrected chi connectivity index (χ2v) is 5.16. The summed E-state index contributed by atoms with van der Waals surface area (Å²) in [5.74, 6) is 0.798. The SMILES string of the molecule is CCCc1cc(=O)[nH]c(SCC(N)CCC)n1. The average Bonchev–Trinajstić information content (AvgIpc) is 2.26. The van der Waals surface area contributed by atoms with Crippen LogP contribution < -0.4 is 11.3 Å². The van der Waals surface area contributed by atoms with Crippen molar-refractivity contribution in [2.24, 2.45) is 5.73 Å². The fourth-order valence-corrected chi connectivity index (χ4v) is 2.47. The van der Waals surface area contributed by atoms with Crippen molar-refractivity contribution in [3.05, 3.63) is 22.1 Å². The Kier molecular flexibility index (Phi) is 6.29. The van der Waals surface area contributed by atoms with Gasteiger partial charge in [-0.15, -0.1) is 0 Å². The molecule has 3 N–H and O–H groups in total. The molecule has 5 heteroatoms. The molecule has 0 aliphatic rings. The molecule has 17 heavy (non-hydrogen) atoms. The van der Waals surface area contributed by atoms with Gasteiger partial charge in [0, 0.05) is 23.6 Å². The van der Waals surface area contributed by atoms with Crippen LogP contribution in [-0.4, -0.2) is 21.8 Å². The molecule has 0 saturated heterocycles. The van der Waals surface area contributed by atoms with Crippen LogP contribution >= 0.6 is 11.8 Å². The van der Waals surface area contributed by atoms with Gasteiger partial charge in [0.05, 0.1) is 0 Å². The summed E-state index contributed by atoms with van der Waals surface area (Å²) in [4.78, 5) is 18.6. The van der Waals surface area contributed by atoms with Gasteiger partial charge in [0.15, 0.2) is 5.16 Å². The zero-order valence-electron chi connectivity index (χ0n) is 10.5. The number of hydrogen-bond donors (Lipinski definition) is 2. The fourth-order valence-electron chi connectivity index (χ4n) is 1.58. The summed E-state index contributed by atoms with van der Waals surface area (Å²) in [6.07, 6.45) is 3.93. The minimum absolute atomic E-state index is 0.0741. The van der Waals surface area contributed by atoms with E-state index in [0.717, 1.165) is 37.1 Å². The summed E-state index contributed by atoms with van der Waals surface area (Å²) in [6, 6.07) is 1.74. The summed E-state index contributed by atoms with van der Waals surface area (Å²) < 4.78 is 0. The van der Waals surface area contributed by atoms with E-state index in [4.69, 9.17) is 5.73 Å². The Morgan fingerprint density at radius 2 is 2.24 bits per heavy atom. The predicted octanol–water partition coefficient (Wildman–Crippen LogP) is 1.94. The molecule has 4 nitrogen and oxygen atoms in total. The molecule has 0 saturated carbocycles. The van der Waals surface area contributed by atoms with Crippen LogP contribution in [0, 0.1) is 0 Å². The highest BCUT2D eigenvalue weighted by Gasteiger charge is 2.05. The first-order valence-corrected chi connectivity index (χ1v) is 7.12. The molecule has 1 atom stereocenters. The van der Waals surface area contributed by atoms with E-state index < -0.39 is 0 Å². The number of rotatable bonds is 7. The van der Waals surface area contributed by atoms with Gasteiger partial charge < -0.3 is 10.7 Å². The summed E-state index contributed by atoms with van der Waals surface area (Å²) in [5.41, 5.74) is 6.72. The molecule has 0 aliphatic heterocycles. The predicted molar refractivity (Wildman–Crippen MR) is 72.5 cm³/mol. The quantitative estimate of drug-likeness (QED) is 0.577. The van der Waals surface area contributed by atoms with Crippen LogP contribution in [0.15, 0.2) is 16.0 Å². The van der Waals surface area contributed by atoms with Crippen molar-refractivity contribution in [3.63, 3.8) is 0 Å². The first-order chi connectivity index (χ1) is 8.15. The Bertz CT molecular complexity index is 392. The number of hydrogen-bond acceptors (Lipinski definition) is 4. The number of aromatic nitrogens is 2. The average molecular weight is 255 g/mol. The molecule has 0 aliphatic carbocycles. The van der Waals surface area contributed by atoms with Gasteiger partial charge in [0.1, 0.15) is 0 Å². The molecule has 1 aromatic heterocycles. The molecule has 1 aromatic rings. The maximum atomic E-state index is 11.4. The second kappa shape index (κ2) is 7.50. The fraction of sp³-hybridized carbons (Fsp3) is 0.667. The standard InChI is InChI=1S/C12H21N3OS/c1-3-5-9(13)8-17-12-14-10(6-4-2)7-11(16)15-12/h7,9H,3-6,8,13H2,1-2H3,(H,14,15,16). The number of aryl methyl sites for hydroxylation is 1. The van der Waals surface area contributed by atoms with Crippen molar-refractivity contribution in [1.29, 1.82) is 0 Å². The lowest BCUT2D eigenvalue weighted by Crippen LogP contribution is -2.22. The smallest absolute Gasteiger partial charge is 0.251 e. The Hall–Kier alpha value is -0.810. The van der Waals surface area contributed by atoms with Gasteiger partial charge in [-0.05, 0) is 12.8 Å². The molecule has 0 fully saturated rings. The first-order valence-electron chi connectivity index (χ1n) is 6.14. The third kappa shape index (κ3) is 5.37. The number of thioether (sulfide) groups is 1. The van der Waals surface area contributed by atoms with Gasteiger partial charge in [-0.25, -0.2) is 4.98 Å². The molecule has 1 rings (SSSR count). The molecule has 96 valence electrons. The van der Waals surface area contributed by atoms with E-state index in [-0.39, 0.29) is 11.6 Å². The van der Waals surface area contributed by atoms with E-state index in [9.17, 15) is 4.79 Å². The minimum atomic E-state index is -0.0741. The van der Waals surface area contributed by atoms with Gasteiger partial charge in [-0.2, -0.15) is 0 Å². The summed E-state index contributed by atoms with van der Waals surface area (Å²) in [5, 5.41) is 0.688. The molecule has 0 amide bonds. The number of nitrogens with two attached hydrogens (primary N) is 1. The van der Waals surface area contributed by atoms with Crippen LogP contribution in [0.5, 0.6) is 0 Å². The maximum absolute atomic E-state index is 11.4. The van der Waals surface area contributed by atoms with Crippen molar-refractivity contribution < 1.29 is 0 Å². The van der Waals surface area contributed by atoms with Crippen molar-refractivity contribution in [3.8, 4) is 0 Å². The monoisotopic (exact) mass is 255 g/mol. The molecular formula is C12H21N3OS. The minimum Gasteiger partial charge on any atom is -0.327 e. The lowest BCUT2D eigenvalue weighted by atomic mass is 10.2. The van der Waals surface area contributed by atoms with Crippen LogP contribution in [-0.2, 0) is 6.42 Å². The van der Waals surface area contributed by atoms with Crippen LogP contribution in [0.1, 0.15) is 38.8 Å².